The number of hydrogen-bond acceptors (Lipinski definition) is 5. The van der Waals surface area contributed by atoms with Gasteiger partial charge in [-0.05, 0) is 65.0 Å². The molecule has 2 saturated heterocycles. The van der Waals surface area contributed by atoms with E-state index in [1.54, 1.807) is 0 Å². The molecule has 1 aromatic heterocycles. The highest BCUT2D eigenvalue weighted by Crippen LogP contribution is 2.36. The molecule has 4 heterocycles. The molecule has 1 aliphatic carbocycles. The fourth-order valence-corrected chi connectivity index (χ4v) is 5.91. The summed E-state index contributed by atoms with van der Waals surface area (Å²) in [5.74, 6) is 2.52. The zero-order chi connectivity index (χ0) is 21.4. The second kappa shape index (κ2) is 8.85. The summed E-state index contributed by atoms with van der Waals surface area (Å²) in [6, 6.07) is 0.304. The summed E-state index contributed by atoms with van der Waals surface area (Å²) in [5, 5.41) is 0. The number of fused-ring (bicyclic) bond motifs is 1. The first kappa shape index (κ1) is 20.9. The van der Waals surface area contributed by atoms with E-state index in [4.69, 9.17) is 9.97 Å². The number of carbonyl (C=O) groups is 2. The summed E-state index contributed by atoms with van der Waals surface area (Å²) in [5.41, 5.74) is 2.19. The van der Waals surface area contributed by atoms with Crippen molar-refractivity contribution in [2.24, 2.45) is 0 Å². The van der Waals surface area contributed by atoms with Crippen LogP contribution in [-0.4, -0.2) is 70.3 Å². The molecule has 1 saturated carbocycles. The maximum Gasteiger partial charge on any atom is 0.236 e. The van der Waals surface area contributed by atoms with Gasteiger partial charge in [0.2, 0.25) is 11.8 Å². The van der Waals surface area contributed by atoms with E-state index >= 15 is 0 Å². The molecule has 31 heavy (non-hydrogen) atoms. The third kappa shape index (κ3) is 4.21. The van der Waals surface area contributed by atoms with E-state index in [0.717, 1.165) is 81.2 Å². The summed E-state index contributed by atoms with van der Waals surface area (Å²) in [6.07, 6.45) is 10.1. The van der Waals surface area contributed by atoms with Crippen molar-refractivity contribution < 1.29 is 9.59 Å². The standard InChI is InChI=1S/C24H35N5O2/c1-17-20-8-9-21(30)29(19-6-2-3-7-19)24(20)26-23(25-17)18-10-14-28(15-11-18)22(31)16-27-12-4-5-13-27/h18-19H,2-16H2,1H3. The van der Waals surface area contributed by atoms with E-state index < -0.39 is 0 Å². The van der Waals surface area contributed by atoms with Crippen LogP contribution in [0.15, 0.2) is 0 Å². The van der Waals surface area contributed by atoms with Crippen LogP contribution >= 0.6 is 0 Å². The SMILES string of the molecule is Cc1nc(C2CCN(C(=O)CN3CCCC3)CC2)nc2c1CCC(=O)N2C1CCCC1. The highest BCUT2D eigenvalue weighted by molar-refractivity contribution is 5.96. The van der Waals surface area contributed by atoms with E-state index in [-0.39, 0.29) is 17.7 Å². The van der Waals surface area contributed by atoms with Crippen LogP contribution in [0.3, 0.4) is 0 Å². The Kier molecular flexibility index (Phi) is 5.95. The molecular formula is C24H35N5O2. The highest BCUT2D eigenvalue weighted by atomic mass is 16.2. The van der Waals surface area contributed by atoms with E-state index in [9.17, 15) is 9.59 Å². The van der Waals surface area contributed by atoms with Crippen LogP contribution in [0.2, 0.25) is 0 Å². The van der Waals surface area contributed by atoms with Crippen LogP contribution in [0, 0.1) is 6.92 Å². The number of piperidine rings is 1. The molecule has 0 N–H and O–H groups in total. The van der Waals surface area contributed by atoms with Crippen molar-refractivity contribution in [3.05, 3.63) is 17.1 Å². The Labute approximate surface area is 185 Å². The molecule has 0 atom stereocenters. The lowest BCUT2D eigenvalue weighted by atomic mass is 9.94. The van der Waals surface area contributed by atoms with Crippen LogP contribution in [0.25, 0.3) is 0 Å². The minimum Gasteiger partial charge on any atom is -0.342 e. The molecule has 2 amide bonds. The Balaban J connectivity index is 1.29. The average Bonchev–Trinajstić information content (AvgIpc) is 3.48. The van der Waals surface area contributed by atoms with Crippen molar-refractivity contribution >= 4 is 17.6 Å². The average molecular weight is 426 g/mol. The summed E-state index contributed by atoms with van der Waals surface area (Å²) in [7, 11) is 0. The van der Waals surface area contributed by atoms with Crippen LogP contribution < -0.4 is 4.90 Å². The lowest BCUT2D eigenvalue weighted by Crippen LogP contribution is -2.44. The minimum absolute atomic E-state index is 0.228. The molecule has 3 aliphatic heterocycles. The van der Waals surface area contributed by atoms with Gasteiger partial charge in [0.25, 0.3) is 0 Å². The molecule has 7 nitrogen and oxygen atoms in total. The Morgan fingerprint density at radius 2 is 1.65 bits per heavy atom. The smallest absolute Gasteiger partial charge is 0.236 e. The van der Waals surface area contributed by atoms with Crippen LogP contribution in [0.4, 0.5) is 5.82 Å². The van der Waals surface area contributed by atoms with E-state index in [0.29, 0.717) is 19.0 Å². The zero-order valence-corrected chi connectivity index (χ0v) is 18.8. The first-order chi connectivity index (χ1) is 15.1. The van der Waals surface area contributed by atoms with E-state index in [1.807, 2.05) is 9.80 Å². The molecule has 0 radical (unpaired) electrons. The van der Waals surface area contributed by atoms with Crippen molar-refractivity contribution in [2.75, 3.05) is 37.6 Å². The molecule has 1 aromatic rings. The number of carbonyl (C=O) groups excluding carboxylic acids is 2. The van der Waals surface area contributed by atoms with Crippen molar-refractivity contribution in [3.8, 4) is 0 Å². The van der Waals surface area contributed by atoms with Gasteiger partial charge < -0.3 is 4.90 Å². The van der Waals surface area contributed by atoms with Gasteiger partial charge in [0, 0.05) is 42.7 Å². The normalized spacial score (nSPS) is 23.6. The number of aryl methyl sites for hydroxylation is 1. The maximum atomic E-state index is 12.8. The summed E-state index contributed by atoms with van der Waals surface area (Å²) in [4.78, 5) is 41.7. The number of likely N-dealkylation sites (tertiary alicyclic amines) is 2. The molecule has 0 bridgehead atoms. The largest absolute Gasteiger partial charge is 0.342 e. The highest BCUT2D eigenvalue weighted by Gasteiger charge is 2.36. The van der Waals surface area contributed by atoms with Crippen molar-refractivity contribution in [2.45, 2.75) is 83.1 Å². The van der Waals surface area contributed by atoms with Gasteiger partial charge in [-0.1, -0.05) is 12.8 Å². The zero-order valence-electron chi connectivity index (χ0n) is 18.8. The summed E-state index contributed by atoms with van der Waals surface area (Å²) >= 11 is 0. The number of nitrogens with zero attached hydrogens (tertiary/aromatic N) is 5. The number of hydrogen-bond donors (Lipinski definition) is 0. The van der Waals surface area contributed by atoms with Crippen LogP contribution in [0.1, 0.15) is 80.8 Å². The predicted molar refractivity (Wildman–Crippen MR) is 119 cm³/mol. The Bertz CT molecular complexity index is 837. The molecule has 4 aliphatic rings. The van der Waals surface area contributed by atoms with E-state index in [2.05, 4.69) is 11.8 Å². The first-order valence-corrected chi connectivity index (χ1v) is 12.3. The molecule has 168 valence electrons. The van der Waals surface area contributed by atoms with Crippen LogP contribution in [0.5, 0.6) is 0 Å². The molecule has 7 heteroatoms. The predicted octanol–water partition coefficient (Wildman–Crippen LogP) is 2.81. The van der Waals surface area contributed by atoms with Crippen molar-refractivity contribution in [1.29, 1.82) is 0 Å². The Hall–Kier alpha value is -2.02. The summed E-state index contributed by atoms with van der Waals surface area (Å²) < 4.78 is 0. The second-order valence-electron chi connectivity index (χ2n) is 9.81. The quantitative estimate of drug-likeness (QED) is 0.742. The van der Waals surface area contributed by atoms with Crippen molar-refractivity contribution in [3.63, 3.8) is 0 Å². The number of aromatic nitrogens is 2. The fraction of sp³-hybridized carbons (Fsp3) is 0.750. The van der Waals surface area contributed by atoms with Crippen LogP contribution in [-0.2, 0) is 16.0 Å². The van der Waals surface area contributed by atoms with Gasteiger partial charge in [-0.3, -0.25) is 19.4 Å². The molecule has 3 fully saturated rings. The van der Waals surface area contributed by atoms with Gasteiger partial charge in [0.15, 0.2) is 0 Å². The fourth-order valence-electron chi connectivity index (χ4n) is 5.91. The Morgan fingerprint density at radius 3 is 2.35 bits per heavy atom. The van der Waals surface area contributed by atoms with E-state index in [1.165, 1.54) is 25.7 Å². The Morgan fingerprint density at radius 1 is 0.935 bits per heavy atom. The van der Waals surface area contributed by atoms with Gasteiger partial charge in [0.05, 0.1) is 6.54 Å². The molecular weight excluding hydrogens is 390 g/mol. The van der Waals surface area contributed by atoms with Gasteiger partial charge in [-0.25, -0.2) is 9.97 Å². The van der Waals surface area contributed by atoms with Crippen molar-refractivity contribution in [1.82, 2.24) is 19.8 Å². The monoisotopic (exact) mass is 425 g/mol. The number of amides is 2. The molecule has 0 aromatic carbocycles. The number of anilines is 1. The first-order valence-electron chi connectivity index (χ1n) is 12.3. The summed E-state index contributed by atoms with van der Waals surface area (Å²) in [6.45, 7) is 6.31. The third-order valence-electron chi connectivity index (χ3n) is 7.76. The molecule has 5 rings (SSSR count). The number of rotatable bonds is 4. The molecule has 0 unspecified atom stereocenters. The van der Waals surface area contributed by atoms with Gasteiger partial charge >= 0.3 is 0 Å². The lowest BCUT2D eigenvalue weighted by Gasteiger charge is -2.35. The maximum absolute atomic E-state index is 12.8. The topological polar surface area (TPSA) is 69.6 Å². The minimum atomic E-state index is 0.228. The second-order valence-corrected chi connectivity index (χ2v) is 9.81. The van der Waals surface area contributed by atoms with Gasteiger partial charge in [-0.15, -0.1) is 0 Å². The van der Waals surface area contributed by atoms with Gasteiger partial charge in [0.1, 0.15) is 11.6 Å². The van der Waals surface area contributed by atoms with Gasteiger partial charge in [-0.2, -0.15) is 0 Å². The third-order valence-corrected chi connectivity index (χ3v) is 7.76. The lowest BCUT2D eigenvalue weighted by molar-refractivity contribution is -0.133. The molecule has 0 spiro atoms.